The predicted molar refractivity (Wildman–Crippen MR) is 61.3 cm³/mol. The van der Waals surface area contributed by atoms with Crippen molar-refractivity contribution in [3.05, 3.63) is 0 Å². The van der Waals surface area contributed by atoms with Crippen LogP contribution in [0.15, 0.2) is 0 Å². The van der Waals surface area contributed by atoms with Crippen molar-refractivity contribution in [1.82, 2.24) is 0 Å². The first-order valence-corrected chi connectivity index (χ1v) is 6.79. The maximum absolute atomic E-state index is 10.5. The molecule has 16 heavy (non-hydrogen) atoms. The number of primary amides is 1. The summed E-state index contributed by atoms with van der Waals surface area (Å²) in [7, 11) is 0.0342. The molecule has 0 bridgehead atoms. The highest BCUT2D eigenvalue weighted by molar-refractivity contribution is 7.85. The van der Waals surface area contributed by atoms with Crippen LogP contribution >= 0.6 is 0 Å². The number of hydrogen-bond donors (Lipinski definition) is 2. The molecule has 0 radical (unpaired) electrons. The van der Waals surface area contributed by atoms with E-state index in [0.717, 1.165) is 6.54 Å². The van der Waals surface area contributed by atoms with E-state index in [0.29, 0.717) is 30.3 Å². The number of nitrogens with zero attached hydrogens (tertiary/aromatic N) is 1. The third-order valence-electron chi connectivity index (χ3n) is 2.35. The summed E-state index contributed by atoms with van der Waals surface area (Å²) in [5.41, 5.74) is 5.02. The molecular formula is C9H21N2O4S+. The molecule has 0 aliphatic heterocycles. The fourth-order valence-corrected chi connectivity index (χ4v) is 1.96. The van der Waals surface area contributed by atoms with E-state index in [4.69, 9.17) is 10.3 Å². The number of nitrogens with two attached hydrogens (primary N) is 1. The molecule has 0 rings (SSSR count). The standard InChI is InChI=1S/C9H20N2O4S/c1-11(2,6-3-5-9(10)12)7-4-8-16(13,14)15/h3-8H2,1-2H3,(H2-,10,12,13,14,15)/p+1. The van der Waals surface area contributed by atoms with E-state index in [2.05, 4.69) is 0 Å². The highest BCUT2D eigenvalue weighted by Gasteiger charge is 2.16. The minimum atomic E-state index is -3.86. The van der Waals surface area contributed by atoms with Crippen molar-refractivity contribution in [2.75, 3.05) is 32.9 Å². The van der Waals surface area contributed by atoms with Gasteiger partial charge in [-0.25, -0.2) is 0 Å². The smallest absolute Gasteiger partial charge is 0.265 e. The van der Waals surface area contributed by atoms with Crippen LogP contribution in [0.4, 0.5) is 0 Å². The largest absolute Gasteiger partial charge is 0.370 e. The number of rotatable bonds is 8. The molecule has 7 heteroatoms. The molecule has 3 N–H and O–H groups in total. The lowest BCUT2D eigenvalue weighted by molar-refractivity contribution is -0.890. The van der Waals surface area contributed by atoms with Crippen LogP contribution in [0, 0.1) is 0 Å². The fourth-order valence-electron chi connectivity index (χ4n) is 1.47. The quantitative estimate of drug-likeness (QED) is 0.454. The van der Waals surface area contributed by atoms with Gasteiger partial charge >= 0.3 is 0 Å². The second-order valence-corrected chi connectivity index (χ2v) is 6.16. The van der Waals surface area contributed by atoms with Crippen LogP contribution in [0.1, 0.15) is 19.3 Å². The molecule has 0 aromatic rings. The van der Waals surface area contributed by atoms with Crippen molar-refractivity contribution in [2.24, 2.45) is 5.73 Å². The zero-order chi connectivity index (χ0) is 12.8. The van der Waals surface area contributed by atoms with E-state index in [1.165, 1.54) is 0 Å². The van der Waals surface area contributed by atoms with E-state index < -0.39 is 10.1 Å². The molecule has 0 aliphatic rings. The summed E-state index contributed by atoms with van der Waals surface area (Å²) in [6, 6.07) is 0. The lowest BCUT2D eigenvalue weighted by Crippen LogP contribution is -2.42. The molecule has 96 valence electrons. The van der Waals surface area contributed by atoms with E-state index in [-0.39, 0.29) is 11.7 Å². The summed E-state index contributed by atoms with van der Waals surface area (Å²) in [4.78, 5) is 10.5. The van der Waals surface area contributed by atoms with Crippen molar-refractivity contribution >= 4 is 16.0 Å². The molecule has 0 aromatic carbocycles. The van der Waals surface area contributed by atoms with E-state index in [1.54, 1.807) is 0 Å². The zero-order valence-corrected chi connectivity index (χ0v) is 10.7. The Morgan fingerprint density at radius 1 is 1.25 bits per heavy atom. The average Bonchev–Trinajstić information content (AvgIpc) is 1.99. The van der Waals surface area contributed by atoms with Crippen molar-refractivity contribution in [2.45, 2.75) is 19.3 Å². The van der Waals surface area contributed by atoms with E-state index >= 15 is 0 Å². The molecule has 0 heterocycles. The highest BCUT2D eigenvalue weighted by atomic mass is 32.2. The van der Waals surface area contributed by atoms with Crippen LogP contribution in [0.2, 0.25) is 0 Å². The van der Waals surface area contributed by atoms with Crippen molar-refractivity contribution in [3.8, 4) is 0 Å². The molecular weight excluding hydrogens is 232 g/mol. The molecule has 0 aliphatic carbocycles. The van der Waals surface area contributed by atoms with Gasteiger partial charge in [-0.2, -0.15) is 8.42 Å². The first-order valence-electron chi connectivity index (χ1n) is 5.18. The molecule has 0 spiro atoms. The molecule has 0 fully saturated rings. The minimum absolute atomic E-state index is 0.218. The number of quaternary nitrogens is 1. The first-order chi connectivity index (χ1) is 7.12. The molecule has 1 amide bonds. The summed E-state index contributed by atoms with van der Waals surface area (Å²) >= 11 is 0. The Morgan fingerprint density at radius 3 is 2.19 bits per heavy atom. The van der Waals surface area contributed by atoms with Crippen molar-refractivity contribution in [3.63, 3.8) is 0 Å². The molecule has 0 unspecified atom stereocenters. The Balaban J connectivity index is 3.82. The average molecular weight is 253 g/mol. The van der Waals surface area contributed by atoms with Gasteiger partial charge in [0, 0.05) is 19.3 Å². The maximum Gasteiger partial charge on any atom is 0.265 e. The summed E-state index contributed by atoms with van der Waals surface area (Å²) in [6.07, 6.45) is 1.44. The van der Waals surface area contributed by atoms with Gasteiger partial charge in [-0.3, -0.25) is 9.35 Å². The molecule has 0 saturated carbocycles. The van der Waals surface area contributed by atoms with E-state index in [1.807, 2.05) is 14.1 Å². The SMILES string of the molecule is C[N+](C)(CCCC(N)=O)CCCS(=O)(=O)O. The Bertz CT molecular complexity index is 324. The van der Waals surface area contributed by atoms with Gasteiger partial charge in [-0.15, -0.1) is 0 Å². The van der Waals surface area contributed by atoms with Gasteiger partial charge in [0.15, 0.2) is 0 Å². The molecule has 0 saturated heterocycles. The number of hydrogen-bond acceptors (Lipinski definition) is 3. The van der Waals surface area contributed by atoms with Crippen LogP contribution < -0.4 is 5.73 Å². The maximum atomic E-state index is 10.5. The second kappa shape index (κ2) is 6.17. The van der Waals surface area contributed by atoms with Gasteiger partial charge in [0.1, 0.15) is 0 Å². The van der Waals surface area contributed by atoms with Crippen LogP contribution in [0.3, 0.4) is 0 Å². The van der Waals surface area contributed by atoms with Gasteiger partial charge in [0.25, 0.3) is 10.1 Å². The van der Waals surface area contributed by atoms with Gasteiger partial charge in [-0.1, -0.05) is 0 Å². The monoisotopic (exact) mass is 253 g/mol. The molecule has 0 atom stereocenters. The number of carbonyl (C=O) groups is 1. The predicted octanol–water partition coefficient (Wildman–Crippen LogP) is -0.394. The lowest BCUT2D eigenvalue weighted by Gasteiger charge is -2.29. The fraction of sp³-hybridized carbons (Fsp3) is 0.889. The van der Waals surface area contributed by atoms with Gasteiger partial charge in [0.05, 0.1) is 32.9 Å². The van der Waals surface area contributed by atoms with E-state index in [9.17, 15) is 13.2 Å². The summed E-state index contributed by atoms with van der Waals surface area (Å²) in [5.74, 6) is -0.539. The Hall–Kier alpha value is -0.660. The van der Waals surface area contributed by atoms with Crippen LogP contribution in [0.5, 0.6) is 0 Å². The summed E-state index contributed by atoms with van der Waals surface area (Å²) in [5, 5.41) is 0. The third kappa shape index (κ3) is 9.88. The molecule has 0 aromatic heterocycles. The Morgan fingerprint density at radius 2 is 1.75 bits per heavy atom. The zero-order valence-electron chi connectivity index (χ0n) is 9.85. The Kier molecular flexibility index (Phi) is 5.91. The number of carbonyl (C=O) groups excluding carboxylic acids is 1. The van der Waals surface area contributed by atoms with Gasteiger partial charge in [0.2, 0.25) is 5.91 Å². The second-order valence-electron chi connectivity index (χ2n) is 4.59. The molecule has 6 nitrogen and oxygen atoms in total. The summed E-state index contributed by atoms with van der Waals surface area (Å²) in [6.45, 7) is 1.40. The van der Waals surface area contributed by atoms with Crippen molar-refractivity contribution in [1.29, 1.82) is 0 Å². The first kappa shape index (κ1) is 15.3. The van der Waals surface area contributed by atoms with Crippen molar-refractivity contribution < 1.29 is 22.2 Å². The van der Waals surface area contributed by atoms with Crippen LogP contribution in [-0.2, 0) is 14.9 Å². The third-order valence-corrected chi connectivity index (χ3v) is 3.16. The topological polar surface area (TPSA) is 97.5 Å². The highest BCUT2D eigenvalue weighted by Crippen LogP contribution is 2.04. The van der Waals surface area contributed by atoms with Gasteiger partial charge < -0.3 is 10.2 Å². The summed E-state index contributed by atoms with van der Waals surface area (Å²) < 4.78 is 30.2. The minimum Gasteiger partial charge on any atom is -0.370 e. The van der Waals surface area contributed by atoms with Crippen LogP contribution in [0.25, 0.3) is 0 Å². The lowest BCUT2D eigenvalue weighted by atomic mass is 10.2. The number of amides is 1. The normalized spacial score (nSPS) is 12.7. The Labute approximate surface area is 96.8 Å². The van der Waals surface area contributed by atoms with Crippen LogP contribution in [-0.4, -0.2) is 56.3 Å². The van der Waals surface area contributed by atoms with Gasteiger partial charge in [-0.05, 0) is 0 Å².